The van der Waals surface area contributed by atoms with Crippen LogP contribution in [0.5, 0.6) is 0 Å². The Morgan fingerprint density at radius 2 is 2.28 bits per heavy atom. The van der Waals surface area contributed by atoms with E-state index in [9.17, 15) is 4.79 Å². The zero-order valence-electron chi connectivity index (χ0n) is 11.5. The number of aryl methyl sites for hydroxylation is 1. The Morgan fingerprint density at radius 3 is 2.89 bits per heavy atom. The largest absolute Gasteiger partial charge is 0.388 e. The van der Waals surface area contributed by atoms with Crippen LogP contribution in [0.4, 0.5) is 5.69 Å². The van der Waals surface area contributed by atoms with E-state index in [0.717, 1.165) is 42.6 Å². The van der Waals surface area contributed by atoms with E-state index < -0.39 is 0 Å². The molecule has 1 fully saturated rings. The van der Waals surface area contributed by atoms with Gasteiger partial charge in [0.25, 0.3) is 5.91 Å². The van der Waals surface area contributed by atoms with Crippen LogP contribution in [0, 0.1) is 6.92 Å². The molecule has 1 amide bonds. The first-order valence-electron chi connectivity index (χ1n) is 6.76. The molecule has 1 heterocycles. The number of amides is 1. The summed E-state index contributed by atoms with van der Waals surface area (Å²) in [7, 11) is 1.90. The molecule has 18 heavy (non-hydrogen) atoms. The molecule has 1 aromatic carbocycles. The van der Waals surface area contributed by atoms with Crippen molar-refractivity contribution in [2.24, 2.45) is 0 Å². The minimum absolute atomic E-state index is 0.185. The Morgan fingerprint density at radius 1 is 1.50 bits per heavy atom. The summed E-state index contributed by atoms with van der Waals surface area (Å²) in [5.74, 6) is 0.185. The molecule has 1 aliphatic heterocycles. The summed E-state index contributed by atoms with van der Waals surface area (Å²) in [4.78, 5) is 14.5. The van der Waals surface area contributed by atoms with E-state index in [2.05, 4.69) is 12.2 Å². The molecule has 0 radical (unpaired) electrons. The van der Waals surface area contributed by atoms with Gasteiger partial charge in [-0.3, -0.25) is 4.79 Å². The number of benzene rings is 1. The Hall–Kier alpha value is -1.51. The molecular weight excluding hydrogens is 224 g/mol. The van der Waals surface area contributed by atoms with Crippen molar-refractivity contribution in [3.05, 3.63) is 29.3 Å². The first-order chi connectivity index (χ1) is 8.67. The molecule has 1 saturated heterocycles. The Balaban J connectivity index is 2.21. The van der Waals surface area contributed by atoms with Gasteiger partial charge in [0.2, 0.25) is 0 Å². The van der Waals surface area contributed by atoms with E-state index in [4.69, 9.17) is 0 Å². The zero-order valence-corrected chi connectivity index (χ0v) is 11.5. The molecule has 0 saturated carbocycles. The summed E-state index contributed by atoms with van der Waals surface area (Å²) in [5.41, 5.74) is 3.02. The third-order valence-corrected chi connectivity index (χ3v) is 3.85. The number of hydrogen-bond acceptors (Lipinski definition) is 2. The minimum Gasteiger partial charge on any atom is -0.388 e. The monoisotopic (exact) mass is 246 g/mol. The highest BCUT2D eigenvalue weighted by atomic mass is 16.2. The van der Waals surface area contributed by atoms with Crippen molar-refractivity contribution in [1.82, 2.24) is 4.90 Å². The van der Waals surface area contributed by atoms with Gasteiger partial charge in [0.05, 0.1) is 0 Å². The lowest BCUT2D eigenvalue weighted by molar-refractivity contribution is 0.0733. The maximum Gasteiger partial charge on any atom is 0.254 e. The highest BCUT2D eigenvalue weighted by Gasteiger charge is 2.27. The second-order valence-corrected chi connectivity index (χ2v) is 4.98. The number of carbonyl (C=O) groups is 1. The number of carbonyl (C=O) groups excluding carboxylic acids is 1. The number of rotatable bonds is 3. The van der Waals surface area contributed by atoms with Gasteiger partial charge in [-0.2, -0.15) is 0 Å². The van der Waals surface area contributed by atoms with Crippen LogP contribution in [0.2, 0.25) is 0 Å². The first kappa shape index (κ1) is 12.9. The van der Waals surface area contributed by atoms with E-state index in [-0.39, 0.29) is 5.91 Å². The molecule has 1 N–H and O–H groups in total. The second kappa shape index (κ2) is 5.42. The Bertz CT molecular complexity index is 442. The predicted octanol–water partition coefficient (Wildman–Crippen LogP) is 3.05. The van der Waals surface area contributed by atoms with Gasteiger partial charge in [-0.25, -0.2) is 0 Å². The summed E-state index contributed by atoms with van der Waals surface area (Å²) < 4.78 is 0. The van der Waals surface area contributed by atoms with Crippen LogP contribution >= 0.6 is 0 Å². The van der Waals surface area contributed by atoms with Crippen LogP contribution in [0.3, 0.4) is 0 Å². The second-order valence-electron chi connectivity index (χ2n) is 4.98. The molecular formula is C15H22N2O. The lowest BCUT2D eigenvalue weighted by atomic mass is 10.1. The fraction of sp³-hybridized carbons (Fsp3) is 0.533. The van der Waals surface area contributed by atoms with Gasteiger partial charge >= 0.3 is 0 Å². The summed E-state index contributed by atoms with van der Waals surface area (Å²) in [6, 6.07) is 6.33. The van der Waals surface area contributed by atoms with Crippen molar-refractivity contribution < 1.29 is 4.79 Å². The van der Waals surface area contributed by atoms with Gasteiger partial charge in [0.15, 0.2) is 0 Å². The Kier molecular flexibility index (Phi) is 3.90. The average molecular weight is 246 g/mol. The van der Waals surface area contributed by atoms with Crippen molar-refractivity contribution in [2.45, 2.75) is 39.2 Å². The third kappa shape index (κ3) is 2.35. The van der Waals surface area contributed by atoms with Crippen molar-refractivity contribution >= 4 is 11.6 Å². The standard InChI is InChI=1S/C15H22N2O/c1-4-13-6-5-9-17(13)15(18)12-7-8-14(16-3)11(2)10-12/h7-8,10,13,16H,4-6,9H2,1-3H3. The van der Waals surface area contributed by atoms with E-state index in [1.165, 1.54) is 0 Å². The molecule has 1 atom stereocenters. The van der Waals surface area contributed by atoms with Crippen molar-refractivity contribution in [3.8, 4) is 0 Å². The van der Waals surface area contributed by atoms with Gasteiger partial charge in [0.1, 0.15) is 0 Å². The van der Waals surface area contributed by atoms with Gasteiger partial charge in [0, 0.05) is 30.9 Å². The van der Waals surface area contributed by atoms with E-state index >= 15 is 0 Å². The smallest absolute Gasteiger partial charge is 0.254 e. The van der Waals surface area contributed by atoms with Crippen molar-refractivity contribution in [1.29, 1.82) is 0 Å². The van der Waals surface area contributed by atoms with E-state index in [1.54, 1.807) is 0 Å². The van der Waals surface area contributed by atoms with Crippen LogP contribution in [-0.4, -0.2) is 30.4 Å². The maximum absolute atomic E-state index is 12.5. The number of anilines is 1. The summed E-state index contributed by atoms with van der Waals surface area (Å²) in [6.07, 6.45) is 3.34. The number of hydrogen-bond donors (Lipinski definition) is 1. The molecule has 0 aliphatic carbocycles. The quantitative estimate of drug-likeness (QED) is 0.889. The van der Waals surface area contributed by atoms with Gasteiger partial charge in [-0.05, 0) is 49.9 Å². The normalized spacial score (nSPS) is 19.1. The van der Waals surface area contributed by atoms with Gasteiger partial charge in [-0.15, -0.1) is 0 Å². The number of nitrogens with zero attached hydrogens (tertiary/aromatic N) is 1. The topological polar surface area (TPSA) is 32.3 Å². The Labute approximate surface area is 109 Å². The summed E-state index contributed by atoms with van der Waals surface area (Å²) in [5, 5.41) is 3.13. The molecule has 3 heteroatoms. The molecule has 0 aromatic heterocycles. The fourth-order valence-electron chi connectivity index (χ4n) is 2.77. The zero-order chi connectivity index (χ0) is 13.1. The van der Waals surface area contributed by atoms with E-state index in [1.807, 2.05) is 37.1 Å². The first-order valence-corrected chi connectivity index (χ1v) is 6.76. The fourth-order valence-corrected chi connectivity index (χ4v) is 2.77. The van der Waals surface area contributed by atoms with Crippen LogP contribution in [0.15, 0.2) is 18.2 Å². The lowest BCUT2D eigenvalue weighted by Gasteiger charge is -2.24. The van der Waals surface area contributed by atoms with Crippen LogP contribution in [0.25, 0.3) is 0 Å². The molecule has 1 aromatic rings. The van der Waals surface area contributed by atoms with Gasteiger partial charge < -0.3 is 10.2 Å². The SMILES string of the molecule is CCC1CCCN1C(=O)c1ccc(NC)c(C)c1. The van der Waals surface area contributed by atoms with Crippen LogP contribution in [0.1, 0.15) is 42.1 Å². The molecule has 1 unspecified atom stereocenters. The minimum atomic E-state index is 0.185. The average Bonchev–Trinajstić information content (AvgIpc) is 2.86. The lowest BCUT2D eigenvalue weighted by Crippen LogP contribution is -2.35. The van der Waals surface area contributed by atoms with Crippen molar-refractivity contribution in [3.63, 3.8) is 0 Å². The predicted molar refractivity (Wildman–Crippen MR) is 75.1 cm³/mol. The summed E-state index contributed by atoms with van der Waals surface area (Å²) in [6.45, 7) is 5.10. The van der Waals surface area contributed by atoms with Crippen LogP contribution < -0.4 is 5.32 Å². The third-order valence-electron chi connectivity index (χ3n) is 3.85. The molecule has 0 bridgehead atoms. The van der Waals surface area contributed by atoms with Crippen LogP contribution in [-0.2, 0) is 0 Å². The van der Waals surface area contributed by atoms with E-state index in [0.29, 0.717) is 6.04 Å². The maximum atomic E-state index is 12.5. The highest BCUT2D eigenvalue weighted by Crippen LogP contribution is 2.24. The van der Waals surface area contributed by atoms with Crippen molar-refractivity contribution in [2.75, 3.05) is 18.9 Å². The highest BCUT2D eigenvalue weighted by molar-refractivity contribution is 5.95. The molecule has 98 valence electrons. The number of nitrogens with one attached hydrogen (secondary N) is 1. The summed E-state index contributed by atoms with van der Waals surface area (Å²) >= 11 is 0. The molecule has 2 rings (SSSR count). The number of likely N-dealkylation sites (tertiary alicyclic amines) is 1. The van der Waals surface area contributed by atoms with Gasteiger partial charge in [-0.1, -0.05) is 6.92 Å². The molecule has 1 aliphatic rings. The molecule has 3 nitrogen and oxygen atoms in total. The molecule has 0 spiro atoms.